The fourth-order valence-corrected chi connectivity index (χ4v) is 1.48. The summed E-state index contributed by atoms with van der Waals surface area (Å²) in [6, 6.07) is 0. The Morgan fingerprint density at radius 2 is 2.00 bits per heavy atom. The van der Waals surface area contributed by atoms with Crippen LogP contribution in [0.5, 0.6) is 0 Å². The van der Waals surface area contributed by atoms with Crippen LogP contribution in [-0.2, 0) is 0 Å². The molecule has 0 bridgehead atoms. The van der Waals surface area contributed by atoms with Crippen LogP contribution in [0.3, 0.4) is 0 Å². The monoisotopic (exact) mass is 220 g/mol. The van der Waals surface area contributed by atoms with E-state index in [2.05, 4.69) is 39.9 Å². The Bertz CT molecular complexity index is 285. The summed E-state index contributed by atoms with van der Waals surface area (Å²) < 4.78 is 0. The average Bonchev–Trinajstić information content (AvgIpc) is 2.35. The zero-order chi connectivity index (χ0) is 11.8. The van der Waals surface area contributed by atoms with Gasteiger partial charge in [-0.3, -0.25) is 0 Å². The highest BCUT2D eigenvalue weighted by molar-refractivity contribution is 5.71. The number of hydrogen-bond donors (Lipinski definition) is 0. The lowest BCUT2D eigenvalue weighted by atomic mass is 10.3. The number of nitrogens with zero attached hydrogens (tertiary/aromatic N) is 4. The molecule has 16 heavy (non-hydrogen) atoms. The summed E-state index contributed by atoms with van der Waals surface area (Å²) >= 11 is 0. The van der Waals surface area contributed by atoms with Gasteiger partial charge in [0, 0.05) is 26.2 Å². The largest absolute Gasteiger partial charge is 0.360 e. The molecule has 0 aromatic carbocycles. The molecule has 0 radical (unpaired) electrons. The minimum absolute atomic E-state index is 0.632. The lowest BCUT2D eigenvalue weighted by Crippen LogP contribution is -2.45. The van der Waals surface area contributed by atoms with Gasteiger partial charge in [-0.2, -0.15) is 0 Å². The van der Waals surface area contributed by atoms with Crippen LogP contribution in [0, 0.1) is 0 Å². The van der Waals surface area contributed by atoms with E-state index < -0.39 is 0 Å². The summed E-state index contributed by atoms with van der Waals surface area (Å²) in [6.07, 6.45) is 4.95. The van der Waals surface area contributed by atoms with E-state index in [0.29, 0.717) is 5.70 Å². The first-order chi connectivity index (χ1) is 7.76. The van der Waals surface area contributed by atoms with Crippen LogP contribution < -0.4 is 0 Å². The minimum Gasteiger partial charge on any atom is -0.360 e. The normalized spacial score (nSPS) is 18.4. The van der Waals surface area contributed by atoms with Crippen molar-refractivity contribution < 1.29 is 0 Å². The molecule has 4 nitrogen and oxygen atoms in total. The summed E-state index contributed by atoms with van der Waals surface area (Å²) in [5.41, 5.74) is 0.632. The van der Waals surface area contributed by atoms with Crippen molar-refractivity contribution in [3.63, 3.8) is 0 Å². The summed E-state index contributed by atoms with van der Waals surface area (Å²) in [5.74, 6) is 0. The summed E-state index contributed by atoms with van der Waals surface area (Å²) in [5, 5.41) is 0. The van der Waals surface area contributed by atoms with E-state index >= 15 is 0 Å². The number of piperazine rings is 1. The predicted molar refractivity (Wildman–Crippen MR) is 70.0 cm³/mol. The molecule has 0 spiro atoms. The Morgan fingerprint density at radius 3 is 2.56 bits per heavy atom. The van der Waals surface area contributed by atoms with Gasteiger partial charge in [0.2, 0.25) is 0 Å². The van der Waals surface area contributed by atoms with Crippen LogP contribution in [0.15, 0.2) is 34.9 Å². The molecule has 1 saturated heterocycles. The van der Waals surface area contributed by atoms with Crippen molar-refractivity contribution in [1.29, 1.82) is 0 Å². The third-order valence-corrected chi connectivity index (χ3v) is 2.61. The molecule has 0 atom stereocenters. The van der Waals surface area contributed by atoms with Crippen molar-refractivity contribution >= 4 is 12.7 Å². The highest BCUT2D eigenvalue weighted by Gasteiger charge is 2.11. The van der Waals surface area contributed by atoms with Gasteiger partial charge in [0.05, 0.1) is 12.0 Å². The first-order valence-corrected chi connectivity index (χ1v) is 5.60. The Kier molecular flexibility index (Phi) is 5.50. The van der Waals surface area contributed by atoms with Crippen LogP contribution in [0.25, 0.3) is 0 Å². The molecular formula is C12H20N4. The minimum atomic E-state index is 0.632. The summed E-state index contributed by atoms with van der Waals surface area (Å²) in [4.78, 5) is 12.7. The van der Waals surface area contributed by atoms with Gasteiger partial charge in [0.15, 0.2) is 0 Å². The molecule has 88 valence electrons. The second kappa shape index (κ2) is 6.95. The van der Waals surface area contributed by atoms with Crippen molar-refractivity contribution in [2.75, 3.05) is 32.7 Å². The average molecular weight is 220 g/mol. The van der Waals surface area contributed by atoms with Crippen molar-refractivity contribution in [1.82, 2.24) is 9.80 Å². The van der Waals surface area contributed by atoms with Crippen molar-refractivity contribution in [3.05, 3.63) is 24.9 Å². The van der Waals surface area contributed by atoms with Gasteiger partial charge in [-0.1, -0.05) is 20.1 Å². The van der Waals surface area contributed by atoms with Gasteiger partial charge >= 0.3 is 0 Å². The van der Waals surface area contributed by atoms with E-state index in [9.17, 15) is 0 Å². The Labute approximate surface area is 97.7 Å². The zero-order valence-corrected chi connectivity index (χ0v) is 9.97. The van der Waals surface area contributed by atoms with E-state index in [0.717, 1.165) is 32.7 Å². The molecule has 1 fully saturated rings. The maximum Gasteiger partial charge on any atom is 0.117 e. The molecule has 0 aromatic heterocycles. The molecule has 1 rings (SSSR count). The Balaban J connectivity index is 2.28. The molecule has 1 heterocycles. The smallest absolute Gasteiger partial charge is 0.117 e. The fourth-order valence-electron chi connectivity index (χ4n) is 1.48. The van der Waals surface area contributed by atoms with Crippen LogP contribution in [0.1, 0.15) is 6.92 Å². The molecule has 0 amide bonds. The molecular weight excluding hydrogens is 200 g/mol. The summed E-state index contributed by atoms with van der Waals surface area (Å²) in [6.45, 7) is 14.8. The molecule has 0 saturated carbocycles. The van der Waals surface area contributed by atoms with E-state index in [-0.39, 0.29) is 0 Å². The number of likely N-dealkylation sites (N-methyl/N-ethyl adjacent to an activating group) is 1. The molecule has 0 unspecified atom stereocenters. The lowest BCUT2D eigenvalue weighted by Gasteiger charge is -2.32. The zero-order valence-electron chi connectivity index (χ0n) is 9.97. The SMILES string of the molecule is C=CC(=C)/N=C\N=C\N1CCN(CC)CC1. The third kappa shape index (κ3) is 4.40. The predicted octanol–water partition coefficient (Wildman–Crippen LogP) is 1.38. The van der Waals surface area contributed by atoms with Crippen LogP contribution in [0.4, 0.5) is 0 Å². The maximum atomic E-state index is 4.12. The third-order valence-electron chi connectivity index (χ3n) is 2.61. The molecule has 4 heteroatoms. The maximum absolute atomic E-state index is 4.12. The standard InChI is InChI=1S/C12H20N4/c1-4-12(3)14-10-13-11-16-8-6-15(5-2)7-9-16/h4,10-11H,1,3,5-9H2,2H3/b13-11+,14-10-. The topological polar surface area (TPSA) is 31.2 Å². The van der Waals surface area contributed by atoms with E-state index in [1.807, 2.05) is 6.34 Å². The summed E-state index contributed by atoms with van der Waals surface area (Å²) in [7, 11) is 0. The van der Waals surface area contributed by atoms with Gasteiger partial charge < -0.3 is 9.80 Å². The van der Waals surface area contributed by atoms with Gasteiger partial charge in [-0.25, -0.2) is 9.98 Å². The van der Waals surface area contributed by atoms with Crippen LogP contribution in [0.2, 0.25) is 0 Å². The Hall–Kier alpha value is -1.42. The number of rotatable bonds is 5. The van der Waals surface area contributed by atoms with E-state index in [4.69, 9.17) is 0 Å². The van der Waals surface area contributed by atoms with Crippen molar-refractivity contribution in [3.8, 4) is 0 Å². The number of aliphatic imine (C=N–C) groups is 2. The quantitative estimate of drug-likeness (QED) is 0.398. The molecule has 0 N–H and O–H groups in total. The first kappa shape index (κ1) is 12.6. The van der Waals surface area contributed by atoms with Crippen molar-refractivity contribution in [2.45, 2.75) is 6.92 Å². The van der Waals surface area contributed by atoms with Crippen molar-refractivity contribution in [2.24, 2.45) is 9.98 Å². The molecule has 0 aromatic rings. The van der Waals surface area contributed by atoms with Gasteiger partial charge in [0.25, 0.3) is 0 Å². The van der Waals surface area contributed by atoms with Gasteiger partial charge in [0.1, 0.15) is 6.34 Å². The lowest BCUT2D eigenvalue weighted by molar-refractivity contribution is 0.193. The molecule has 0 aliphatic carbocycles. The fraction of sp³-hybridized carbons (Fsp3) is 0.500. The van der Waals surface area contributed by atoms with Crippen LogP contribution >= 0.6 is 0 Å². The highest BCUT2D eigenvalue weighted by atomic mass is 15.3. The number of allylic oxidation sites excluding steroid dienone is 1. The van der Waals surface area contributed by atoms with E-state index in [1.54, 1.807) is 6.08 Å². The van der Waals surface area contributed by atoms with Crippen LogP contribution in [-0.4, -0.2) is 55.2 Å². The molecule has 1 aliphatic heterocycles. The number of hydrogen-bond acceptors (Lipinski definition) is 2. The second-order valence-electron chi connectivity index (χ2n) is 3.67. The highest BCUT2D eigenvalue weighted by Crippen LogP contribution is 1.98. The Morgan fingerprint density at radius 1 is 1.31 bits per heavy atom. The van der Waals surface area contributed by atoms with Gasteiger partial charge in [-0.15, -0.1) is 0 Å². The molecule has 1 aliphatic rings. The second-order valence-corrected chi connectivity index (χ2v) is 3.67. The van der Waals surface area contributed by atoms with E-state index in [1.165, 1.54) is 6.34 Å². The van der Waals surface area contributed by atoms with Gasteiger partial charge in [-0.05, 0) is 12.6 Å². The first-order valence-electron chi connectivity index (χ1n) is 5.60.